The fourth-order valence-corrected chi connectivity index (χ4v) is 2.58. The Balaban J connectivity index is 2.09. The van der Waals surface area contributed by atoms with Crippen molar-refractivity contribution in [2.24, 2.45) is 5.41 Å². The molecule has 1 atom stereocenters. The molecule has 15 heavy (non-hydrogen) atoms. The molecule has 1 N–H and O–H groups in total. The number of nitriles is 1. The zero-order valence-electron chi connectivity index (χ0n) is 8.78. The number of carbonyl (C=O) groups is 1. The van der Waals surface area contributed by atoms with E-state index < -0.39 is 11.5 Å². The van der Waals surface area contributed by atoms with E-state index in [4.69, 9.17) is 5.26 Å². The largest absolute Gasteiger partial charge is 0.391 e. The van der Waals surface area contributed by atoms with Gasteiger partial charge in [0.25, 0.3) is 0 Å². The first-order valence-electron chi connectivity index (χ1n) is 5.57. The molecule has 1 aliphatic carbocycles. The van der Waals surface area contributed by atoms with Gasteiger partial charge in [-0.3, -0.25) is 4.79 Å². The highest BCUT2D eigenvalue weighted by atomic mass is 16.3. The average molecular weight is 208 g/mol. The van der Waals surface area contributed by atoms with Gasteiger partial charge in [-0.2, -0.15) is 5.26 Å². The first kappa shape index (κ1) is 10.4. The minimum Gasteiger partial charge on any atom is -0.391 e. The van der Waals surface area contributed by atoms with Crippen molar-refractivity contribution in [3.8, 4) is 6.07 Å². The van der Waals surface area contributed by atoms with Crippen molar-refractivity contribution in [3.05, 3.63) is 0 Å². The number of aliphatic hydroxyl groups excluding tert-OH is 1. The number of hydrogen-bond acceptors (Lipinski definition) is 3. The van der Waals surface area contributed by atoms with Crippen LogP contribution in [0.25, 0.3) is 0 Å². The van der Waals surface area contributed by atoms with Crippen LogP contribution in [0.3, 0.4) is 0 Å². The van der Waals surface area contributed by atoms with Crippen LogP contribution in [0.1, 0.15) is 32.1 Å². The Morgan fingerprint density at radius 2 is 2.13 bits per heavy atom. The van der Waals surface area contributed by atoms with E-state index in [-0.39, 0.29) is 5.91 Å². The number of hydrogen-bond donors (Lipinski definition) is 1. The SMILES string of the molecule is N#CC1(C(=O)N2CC[C@H](O)C2)CCCC1. The third-order valence-corrected chi connectivity index (χ3v) is 3.53. The van der Waals surface area contributed by atoms with Crippen LogP contribution in [0.4, 0.5) is 0 Å². The lowest BCUT2D eigenvalue weighted by Crippen LogP contribution is -2.41. The van der Waals surface area contributed by atoms with E-state index in [1.807, 2.05) is 0 Å². The maximum Gasteiger partial charge on any atom is 0.243 e. The quantitative estimate of drug-likeness (QED) is 0.688. The van der Waals surface area contributed by atoms with E-state index in [0.717, 1.165) is 12.8 Å². The van der Waals surface area contributed by atoms with Gasteiger partial charge in [0, 0.05) is 13.1 Å². The standard InChI is InChI=1S/C11H16N2O2/c12-8-11(4-1-2-5-11)10(15)13-6-3-9(14)7-13/h9,14H,1-7H2/t9-/m0/s1. The maximum absolute atomic E-state index is 12.1. The minimum atomic E-state index is -0.774. The van der Waals surface area contributed by atoms with E-state index in [9.17, 15) is 9.90 Å². The molecule has 4 nitrogen and oxygen atoms in total. The van der Waals surface area contributed by atoms with Crippen LogP contribution >= 0.6 is 0 Å². The van der Waals surface area contributed by atoms with Gasteiger partial charge in [-0.1, -0.05) is 12.8 Å². The van der Waals surface area contributed by atoms with E-state index in [0.29, 0.717) is 32.4 Å². The molecule has 0 bridgehead atoms. The summed E-state index contributed by atoms with van der Waals surface area (Å²) in [5.41, 5.74) is -0.774. The molecule has 1 heterocycles. The van der Waals surface area contributed by atoms with Crippen LogP contribution in [-0.2, 0) is 4.79 Å². The van der Waals surface area contributed by atoms with Gasteiger partial charge in [0.1, 0.15) is 5.41 Å². The second-order valence-corrected chi connectivity index (χ2v) is 4.59. The normalized spacial score (nSPS) is 29.1. The number of aliphatic hydroxyl groups is 1. The topological polar surface area (TPSA) is 64.3 Å². The molecule has 2 fully saturated rings. The molecule has 0 aromatic carbocycles. The first-order chi connectivity index (χ1) is 7.18. The Bertz CT molecular complexity index is 302. The van der Waals surface area contributed by atoms with Crippen LogP contribution in [0.2, 0.25) is 0 Å². The van der Waals surface area contributed by atoms with E-state index in [2.05, 4.69) is 6.07 Å². The Kier molecular flexibility index (Phi) is 2.66. The van der Waals surface area contributed by atoms with Crippen LogP contribution in [0.5, 0.6) is 0 Å². The third-order valence-electron chi connectivity index (χ3n) is 3.53. The summed E-state index contributed by atoms with van der Waals surface area (Å²) in [6.45, 7) is 1.01. The highest BCUT2D eigenvalue weighted by Crippen LogP contribution is 2.39. The summed E-state index contributed by atoms with van der Waals surface area (Å²) in [6.07, 6.45) is 3.56. The Morgan fingerprint density at radius 1 is 1.47 bits per heavy atom. The smallest absolute Gasteiger partial charge is 0.243 e. The van der Waals surface area contributed by atoms with Crippen LogP contribution in [0, 0.1) is 16.7 Å². The lowest BCUT2D eigenvalue weighted by atomic mass is 9.86. The summed E-state index contributed by atoms with van der Waals surface area (Å²) in [4.78, 5) is 13.8. The van der Waals surface area contributed by atoms with Crippen LogP contribution in [-0.4, -0.2) is 35.1 Å². The summed E-state index contributed by atoms with van der Waals surface area (Å²) >= 11 is 0. The maximum atomic E-state index is 12.1. The molecule has 1 saturated carbocycles. The molecule has 1 aliphatic heterocycles. The van der Waals surface area contributed by atoms with Crippen molar-refractivity contribution >= 4 is 5.91 Å². The van der Waals surface area contributed by atoms with Gasteiger partial charge in [-0.05, 0) is 19.3 Å². The molecular formula is C11H16N2O2. The Labute approximate surface area is 89.5 Å². The molecule has 1 amide bonds. The van der Waals surface area contributed by atoms with Gasteiger partial charge < -0.3 is 10.0 Å². The van der Waals surface area contributed by atoms with Crippen molar-refractivity contribution in [2.75, 3.05) is 13.1 Å². The average Bonchev–Trinajstić information content (AvgIpc) is 2.86. The zero-order valence-corrected chi connectivity index (χ0v) is 8.78. The predicted molar refractivity (Wildman–Crippen MR) is 53.7 cm³/mol. The summed E-state index contributed by atoms with van der Waals surface area (Å²) in [7, 11) is 0. The molecule has 1 saturated heterocycles. The highest BCUT2D eigenvalue weighted by Gasteiger charge is 2.45. The highest BCUT2D eigenvalue weighted by molar-refractivity contribution is 5.86. The molecule has 0 unspecified atom stereocenters. The lowest BCUT2D eigenvalue weighted by Gasteiger charge is -2.25. The monoisotopic (exact) mass is 208 g/mol. The van der Waals surface area contributed by atoms with Crippen molar-refractivity contribution in [1.29, 1.82) is 5.26 Å². The van der Waals surface area contributed by atoms with Crippen LogP contribution < -0.4 is 0 Å². The van der Waals surface area contributed by atoms with Crippen LogP contribution in [0.15, 0.2) is 0 Å². The molecule has 0 spiro atoms. The molecule has 4 heteroatoms. The molecule has 82 valence electrons. The zero-order chi connectivity index (χ0) is 10.9. The molecule has 2 rings (SSSR count). The van der Waals surface area contributed by atoms with E-state index in [1.165, 1.54) is 0 Å². The van der Waals surface area contributed by atoms with Gasteiger partial charge >= 0.3 is 0 Å². The van der Waals surface area contributed by atoms with Crippen molar-refractivity contribution < 1.29 is 9.90 Å². The van der Waals surface area contributed by atoms with Gasteiger partial charge in [0.2, 0.25) is 5.91 Å². The number of likely N-dealkylation sites (tertiary alicyclic amines) is 1. The number of amides is 1. The molecular weight excluding hydrogens is 192 g/mol. The Morgan fingerprint density at radius 3 is 2.60 bits per heavy atom. The molecule has 0 radical (unpaired) electrons. The molecule has 2 aliphatic rings. The van der Waals surface area contributed by atoms with Crippen molar-refractivity contribution in [3.63, 3.8) is 0 Å². The number of nitrogens with zero attached hydrogens (tertiary/aromatic N) is 2. The number of rotatable bonds is 1. The van der Waals surface area contributed by atoms with Gasteiger partial charge in [0.15, 0.2) is 0 Å². The summed E-state index contributed by atoms with van der Waals surface area (Å²) in [5, 5.41) is 18.5. The van der Waals surface area contributed by atoms with E-state index in [1.54, 1.807) is 4.90 Å². The predicted octanol–water partition coefficient (Wildman–Crippen LogP) is 0.664. The second-order valence-electron chi connectivity index (χ2n) is 4.59. The summed E-state index contributed by atoms with van der Waals surface area (Å²) < 4.78 is 0. The number of β-amino-alcohol motifs (C(OH)–C–C–N with tert-alkyl or cyclic N) is 1. The molecule has 0 aromatic rings. The first-order valence-corrected chi connectivity index (χ1v) is 5.57. The minimum absolute atomic E-state index is 0.0564. The fraction of sp³-hybridized carbons (Fsp3) is 0.818. The Hall–Kier alpha value is -1.08. The summed E-state index contributed by atoms with van der Waals surface area (Å²) in [6, 6.07) is 2.20. The van der Waals surface area contributed by atoms with Gasteiger partial charge in [0.05, 0.1) is 12.2 Å². The summed E-state index contributed by atoms with van der Waals surface area (Å²) in [5.74, 6) is -0.0564. The molecule has 0 aromatic heterocycles. The van der Waals surface area contributed by atoms with Gasteiger partial charge in [-0.15, -0.1) is 0 Å². The lowest BCUT2D eigenvalue weighted by molar-refractivity contribution is -0.138. The van der Waals surface area contributed by atoms with Crippen molar-refractivity contribution in [1.82, 2.24) is 4.90 Å². The number of carbonyl (C=O) groups excluding carboxylic acids is 1. The van der Waals surface area contributed by atoms with Crippen molar-refractivity contribution in [2.45, 2.75) is 38.2 Å². The third kappa shape index (κ3) is 1.72. The second kappa shape index (κ2) is 3.82. The van der Waals surface area contributed by atoms with Gasteiger partial charge in [-0.25, -0.2) is 0 Å². The fourth-order valence-electron chi connectivity index (χ4n) is 2.58. The van der Waals surface area contributed by atoms with E-state index >= 15 is 0 Å².